The second-order valence-electron chi connectivity index (χ2n) is 14.6. The molecule has 0 saturated heterocycles. The zero-order chi connectivity index (χ0) is 37.8. The van der Waals surface area contributed by atoms with Gasteiger partial charge in [-0.2, -0.15) is 0 Å². The van der Waals surface area contributed by atoms with Crippen molar-refractivity contribution in [2.24, 2.45) is 7.05 Å². The van der Waals surface area contributed by atoms with Crippen LogP contribution in [0, 0.1) is 0 Å². The average Bonchev–Trinajstić information content (AvgIpc) is 3.61. The van der Waals surface area contributed by atoms with E-state index in [4.69, 9.17) is 28.9 Å². The maximum absolute atomic E-state index is 13.2. The monoisotopic (exact) mass is 712 g/mol. The zero-order valence-corrected chi connectivity index (χ0v) is 31.5. The Morgan fingerprint density at radius 1 is 0.846 bits per heavy atom. The maximum atomic E-state index is 13.2. The summed E-state index contributed by atoms with van der Waals surface area (Å²) in [6, 6.07) is 12.8. The third-order valence-corrected chi connectivity index (χ3v) is 8.20. The van der Waals surface area contributed by atoms with Crippen molar-refractivity contribution in [3.8, 4) is 28.5 Å². The Hall–Kier alpha value is -5.46. The van der Waals surface area contributed by atoms with Crippen molar-refractivity contribution in [2.45, 2.75) is 85.0 Å². The third-order valence-electron chi connectivity index (χ3n) is 8.20. The number of esters is 2. The van der Waals surface area contributed by atoms with Gasteiger partial charge in [0, 0.05) is 37.3 Å². The number of pyridine rings is 2. The number of hydrogen-bond acceptors (Lipinski definition) is 10. The molecule has 0 radical (unpaired) electrons. The normalized spacial score (nSPS) is 11.9. The summed E-state index contributed by atoms with van der Waals surface area (Å²) in [7, 11) is 4.80. The number of methoxy groups -OCH3 is 2. The van der Waals surface area contributed by atoms with Gasteiger partial charge < -0.3 is 33.4 Å². The van der Waals surface area contributed by atoms with Crippen molar-refractivity contribution < 1.29 is 33.3 Å². The molecular weight excluding hydrogens is 664 g/mol. The number of rotatable bonds is 12. The van der Waals surface area contributed by atoms with E-state index in [0.29, 0.717) is 52.6 Å². The van der Waals surface area contributed by atoms with E-state index in [1.165, 1.54) is 7.11 Å². The van der Waals surface area contributed by atoms with Gasteiger partial charge in [-0.15, -0.1) is 0 Å². The van der Waals surface area contributed by atoms with E-state index in [-0.39, 0.29) is 5.69 Å². The Morgan fingerprint density at radius 2 is 1.58 bits per heavy atom. The SMILES string of the molecule is COC(=O)c1cc(OC)c2c(c1)nc(-c1cc3ccc(-c4cccnc4C(=O)OC(C)(C)C)nc3n1CCCCCCNC(=O)OC(C)(C)C)n2C. The standard InChI is InChI=1S/C39H48N6O7/c1-38(2,3)51-36(47)31-26(15-14-19-40-31)27-17-16-24-22-29(34-43-28-21-25(35(46)50-9)23-30(49-8)32(28)44(34)7)45(33(24)42-27)20-13-11-10-12-18-41-37(48)52-39(4,5)6/h14-17,19,21-23H,10-13,18,20H2,1-9H3,(H,41,48). The first-order chi connectivity index (χ1) is 24.6. The first-order valence-electron chi connectivity index (χ1n) is 17.4. The minimum atomic E-state index is -0.690. The van der Waals surface area contributed by atoms with Crippen LogP contribution < -0.4 is 10.1 Å². The highest BCUT2D eigenvalue weighted by Crippen LogP contribution is 2.35. The Labute approximate surface area is 303 Å². The molecule has 13 heteroatoms. The van der Waals surface area contributed by atoms with Crippen LogP contribution in [-0.2, 0) is 27.8 Å². The van der Waals surface area contributed by atoms with Crippen molar-refractivity contribution in [3.05, 3.63) is 59.9 Å². The number of unbranched alkanes of at least 4 members (excludes halogenated alkanes) is 3. The topological polar surface area (TPSA) is 149 Å². The summed E-state index contributed by atoms with van der Waals surface area (Å²) < 4.78 is 25.7. The molecule has 4 heterocycles. The number of amides is 1. The number of imidazole rings is 1. The van der Waals surface area contributed by atoms with Gasteiger partial charge in [0.25, 0.3) is 0 Å². The Balaban J connectivity index is 1.51. The molecule has 0 aliphatic heterocycles. The van der Waals surface area contributed by atoms with E-state index in [0.717, 1.165) is 42.3 Å². The molecule has 0 saturated carbocycles. The molecule has 0 bridgehead atoms. The molecule has 1 aromatic carbocycles. The molecular formula is C39H48N6O7. The number of alkyl carbamates (subject to hydrolysis) is 1. The lowest BCUT2D eigenvalue weighted by molar-refractivity contribution is 0.00632. The molecule has 0 spiro atoms. The lowest BCUT2D eigenvalue weighted by Crippen LogP contribution is -2.32. The summed E-state index contributed by atoms with van der Waals surface area (Å²) in [5.74, 6) is 0.142. The number of nitrogens with one attached hydrogen (secondary N) is 1. The van der Waals surface area contributed by atoms with Gasteiger partial charge in [0.2, 0.25) is 0 Å². The first-order valence-corrected chi connectivity index (χ1v) is 17.4. The molecule has 1 N–H and O–H groups in total. The van der Waals surface area contributed by atoms with Crippen LogP contribution in [0.3, 0.4) is 0 Å². The molecule has 5 aromatic rings. The molecule has 0 atom stereocenters. The first kappa shape index (κ1) is 37.8. The van der Waals surface area contributed by atoms with Crippen molar-refractivity contribution in [1.29, 1.82) is 0 Å². The minimum absolute atomic E-state index is 0.187. The molecule has 1 amide bonds. The fourth-order valence-electron chi connectivity index (χ4n) is 5.97. The molecule has 52 heavy (non-hydrogen) atoms. The Bertz CT molecular complexity index is 2100. The van der Waals surface area contributed by atoms with Crippen molar-refractivity contribution in [3.63, 3.8) is 0 Å². The Morgan fingerprint density at radius 3 is 2.27 bits per heavy atom. The van der Waals surface area contributed by atoms with Gasteiger partial charge in [-0.3, -0.25) is 0 Å². The maximum Gasteiger partial charge on any atom is 0.407 e. The summed E-state index contributed by atoms with van der Waals surface area (Å²) in [6.07, 6.45) is 4.58. The lowest BCUT2D eigenvalue weighted by atomic mass is 10.1. The quantitative estimate of drug-likeness (QED) is 0.0784. The van der Waals surface area contributed by atoms with E-state index in [9.17, 15) is 14.4 Å². The lowest BCUT2D eigenvalue weighted by Gasteiger charge is -2.20. The van der Waals surface area contributed by atoms with E-state index in [2.05, 4.69) is 14.9 Å². The van der Waals surface area contributed by atoms with E-state index in [1.807, 2.05) is 77.4 Å². The predicted octanol–water partition coefficient (Wildman–Crippen LogP) is 7.49. The number of aromatic nitrogens is 5. The predicted molar refractivity (Wildman–Crippen MR) is 198 cm³/mol. The number of carbonyl (C=O) groups is 3. The number of hydrogen-bond donors (Lipinski definition) is 1. The van der Waals surface area contributed by atoms with Crippen LogP contribution in [-0.4, -0.2) is 74.1 Å². The highest BCUT2D eigenvalue weighted by molar-refractivity contribution is 5.98. The summed E-state index contributed by atoms with van der Waals surface area (Å²) >= 11 is 0. The summed E-state index contributed by atoms with van der Waals surface area (Å²) in [4.78, 5) is 52.1. The largest absolute Gasteiger partial charge is 0.494 e. The fourth-order valence-corrected chi connectivity index (χ4v) is 5.97. The molecule has 276 valence electrons. The molecule has 0 unspecified atom stereocenters. The zero-order valence-electron chi connectivity index (χ0n) is 31.5. The summed E-state index contributed by atoms with van der Waals surface area (Å²) in [5.41, 5.74) is 3.28. The van der Waals surface area contributed by atoms with Gasteiger partial charge in [0.1, 0.15) is 28.1 Å². The van der Waals surface area contributed by atoms with E-state index in [1.54, 1.807) is 31.5 Å². The molecule has 13 nitrogen and oxygen atoms in total. The molecule has 0 aliphatic rings. The highest BCUT2D eigenvalue weighted by atomic mass is 16.6. The number of aryl methyl sites for hydroxylation is 2. The van der Waals surface area contributed by atoms with Gasteiger partial charge >= 0.3 is 18.0 Å². The van der Waals surface area contributed by atoms with Crippen LogP contribution in [0.4, 0.5) is 4.79 Å². The van der Waals surface area contributed by atoms with Crippen molar-refractivity contribution in [2.75, 3.05) is 20.8 Å². The number of benzene rings is 1. The van der Waals surface area contributed by atoms with Crippen LogP contribution in [0.2, 0.25) is 0 Å². The summed E-state index contributed by atoms with van der Waals surface area (Å²) in [6.45, 7) is 12.1. The van der Waals surface area contributed by atoms with E-state index < -0.39 is 29.2 Å². The Kier molecular flexibility index (Phi) is 11.2. The number of nitrogens with zero attached hydrogens (tertiary/aromatic N) is 5. The highest BCUT2D eigenvalue weighted by Gasteiger charge is 2.25. The molecule has 4 aromatic heterocycles. The molecule has 0 fully saturated rings. The van der Waals surface area contributed by atoms with Gasteiger partial charge in [0.05, 0.1) is 36.7 Å². The molecule has 0 aliphatic carbocycles. The summed E-state index contributed by atoms with van der Waals surface area (Å²) in [5, 5.41) is 3.71. The average molecular weight is 713 g/mol. The second-order valence-corrected chi connectivity index (χ2v) is 14.6. The van der Waals surface area contributed by atoms with E-state index >= 15 is 0 Å². The van der Waals surface area contributed by atoms with Crippen LogP contribution in [0.5, 0.6) is 5.75 Å². The minimum Gasteiger partial charge on any atom is -0.494 e. The van der Waals surface area contributed by atoms with Gasteiger partial charge in [0.15, 0.2) is 11.5 Å². The number of fused-ring (bicyclic) bond motifs is 2. The van der Waals surface area contributed by atoms with Crippen molar-refractivity contribution >= 4 is 40.1 Å². The van der Waals surface area contributed by atoms with Crippen LogP contribution in [0.15, 0.2) is 48.7 Å². The number of ether oxygens (including phenoxy) is 4. The third kappa shape index (κ3) is 8.70. The second kappa shape index (κ2) is 15.4. The number of carbonyl (C=O) groups excluding carboxylic acids is 3. The van der Waals surface area contributed by atoms with Crippen LogP contribution in [0.25, 0.3) is 44.8 Å². The fraction of sp³-hybridized carbons (Fsp3) is 0.436. The van der Waals surface area contributed by atoms with Gasteiger partial charge in [-0.1, -0.05) is 12.8 Å². The smallest absolute Gasteiger partial charge is 0.407 e. The van der Waals surface area contributed by atoms with Gasteiger partial charge in [-0.05, 0) is 96.8 Å². The van der Waals surface area contributed by atoms with Crippen molar-refractivity contribution in [1.82, 2.24) is 29.4 Å². The van der Waals surface area contributed by atoms with Crippen LogP contribution >= 0.6 is 0 Å². The van der Waals surface area contributed by atoms with Crippen LogP contribution in [0.1, 0.15) is 88.1 Å². The molecule has 5 rings (SSSR count). The van der Waals surface area contributed by atoms with Gasteiger partial charge in [-0.25, -0.2) is 29.3 Å².